The average Bonchev–Trinajstić information content (AvgIpc) is 3.64. The van der Waals surface area contributed by atoms with Crippen molar-refractivity contribution in [2.45, 2.75) is 65.3 Å². The van der Waals surface area contributed by atoms with Crippen LogP contribution in [-0.4, -0.2) is 119 Å². The molecular formula is C45H46ClN7O7. The summed E-state index contributed by atoms with van der Waals surface area (Å²) in [5.41, 5.74) is 3.02. The maximum absolute atomic E-state index is 13.9. The van der Waals surface area contributed by atoms with Gasteiger partial charge in [0, 0.05) is 98.4 Å². The van der Waals surface area contributed by atoms with E-state index in [9.17, 15) is 28.8 Å². The summed E-state index contributed by atoms with van der Waals surface area (Å²) in [7, 11) is 0. The van der Waals surface area contributed by atoms with Crippen molar-refractivity contribution in [2.24, 2.45) is 16.7 Å². The molecule has 1 unspecified atom stereocenters. The Morgan fingerprint density at radius 3 is 2.25 bits per heavy atom. The van der Waals surface area contributed by atoms with Crippen LogP contribution in [0.4, 0.5) is 11.4 Å². The van der Waals surface area contributed by atoms with Crippen LogP contribution in [0.1, 0.15) is 87.5 Å². The van der Waals surface area contributed by atoms with Gasteiger partial charge in [0.2, 0.25) is 17.5 Å². The first kappa shape index (κ1) is 39.7. The fourth-order valence-electron chi connectivity index (χ4n) is 10.9. The highest BCUT2D eigenvalue weighted by Gasteiger charge is 2.67. The van der Waals surface area contributed by atoms with Crippen molar-refractivity contribution >= 4 is 58.4 Å². The Bertz CT molecular complexity index is 2410. The highest BCUT2D eigenvalue weighted by Crippen LogP contribution is 2.59. The number of ether oxygens (including phenoxy) is 1. The molecule has 1 atom stereocenters. The number of piperidine rings is 1. The van der Waals surface area contributed by atoms with E-state index in [1.54, 1.807) is 42.5 Å². The smallest absolute Gasteiger partial charge is 0.262 e. The number of rotatable bonds is 8. The van der Waals surface area contributed by atoms with Crippen LogP contribution in [0.2, 0.25) is 5.02 Å². The first-order valence-corrected chi connectivity index (χ1v) is 20.8. The highest BCUT2D eigenvalue weighted by atomic mass is 35.5. The second-order valence-electron chi connectivity index (χ2n) is 18.1. The van der Waals surface area contributed by atoms with E-state index in [-0.39, 0.29) is 47.9 Å². The average molecular weight is 832 g/mol. The van der Waals surface area contributed by atoms with Crippen molar-refractivity contribution in [3.8, 4) is 5.75 Å². The molecule has 0 aromatic heterocycles. The minimum atomic E-state index is -0.994. The fourth-order valence-corrected chi connectivity index (χ4v) is 11.1. The summed E-state index contributed by atoms with van der Waals surface area (Å²) in [5.74, 6) is -1.16. The van der Waals surface area contributed by atoms with Crippen LogP contribution in [-0.2, 0) is 16.1 Å². The van der Waals surface area contributed by atoms with Gasteiger partial charge < -0.3 is 19.4 Å². The molecule has 15 heteroatoms. The molecule has 1 saturated carbocycles. The van der Waals surface area contributed by atoms with Crippen LogP contribution in [0.5, 0.6) is 5.75 Å². The van der Waals surface area contributed by atoms with Crippen molar-refractivity contribution in [2.75, 3.05) is 50.7 Å². The van der Waals surface area contributed by atoms with Crippen LogP contribution in [0.25, 0.3) is 4.85 Å². The van der Waals surface area contributed by atoms with E-state index < -0.39 is 40.5 Å². The molecular weight excluding hydrogens is 786 g/mol. The summed E-state index contributed by atoms with van der Waals surface area (Å²) in [5, 5.41) is 2.57. The molecule has 310 valence electrons. The Kier molecular flexibility index (Phi) is 9.55. The molecule has 5 aliphatic heterocycles. The Morgan fingerprint density at radius 1 is 0.867 bits per heavy atom. The van der Waals surface area contributed by atoms with E-state index in [0.717, 1.165) is 48.9 Å². The first-order valence-electron chi connectivity index (χ1n) is 20.5. The van der Waals surface area contributed by atoms with Gasteiger partial charge in [-0.3, -0.25) is 43.9 Å². The lowest BCUT2D eigenvalue weighted by molar-refractivity contribution is -0.199. The van der Waals surface area contributed by atoms with Crippen molar-refractivity contribution < 1.29 is 33.5 Å². The van der Waals surface area contributed by atoms with Crippen LogP contribution in [0.3, 0.4) is 0 Å². The summed E-state index contributed by atoms with van der Waals surface area (Å²) in [6.07, 6.45) is -0.0244. The summed E-state index contributed by atoms with van der Waals surface area (Å²) in [4.78, 5) is 90.9. The van der Waals surface area contributed by atoms with Crippen LogP contribution in [0, 0.1) is 23.3 Å². The molecule has 3 saturated heterocycles. The number of amides is 6. The zero-order valence-corrected chi connectivity index (χ0v) is 34.8. The number of fused-ring (bicyclic) bond motifs is 2. The fraction of sp³-hybridized carbons (Fsp3) is 0.444. The van der Waals surface area contributed by atoms with E-state index in [2.05, 4.69) is 47.7 Å². The largest absolute Gasteiger partial charge is 0.489 e. The van der Waals surface area contributed by atoms with Crippen LogP contribution >= 0.6 is 11.6 Å². The third-order valence-electron chi connectivity index (χ3n) is 13.5. The van der Waals surface area contributed by atoms with Gasteiger partial charge in [-0.05, 0) is 60.5 Å². The van der Waals surface area contributed by atoms with Gasteiger partial charge in [-0.15, -0.1) is 0 Å². The quantitative estimate of drug-likeness (QED) is 0.245. The summed E-state index contributed by atoms with van der Waals surface area (Å²) < 4.78 is 6.47. The Hall–Kier alpha value is -5.78. The lowest BCUT2D eigenvalue weighted by Gasteiger charge is -2.65. The topological polar surface area (TPSA) is 144 Å². The van der Waals surface area contributed by atoms with Gasteiger partial charge in [0.1, 0.15) is 17.9 Å². The minimum Gasteiger partial charge on any atom is -0.489 e. The van der Waals surface area contributed by atoms with Gasteiger partial charge in [0.05, 0.1) is 22.7 Å². The number of carbonyl (C=O) groups is 6. The zero-order chi connectivity index (χ0) is 42.4. The number of benzene rings is 3. The zero-order valence-electron chi connectivity index (χ0n) is 34.0. The lowest BCUT2D eigenvalue weighted by Crippen LogP contribution is -2.74. The first-order chi connectivity index (χ1) is 28.6. The SMILES string of the molecule is [C-]#[N+]c1ccc(OC2C(C)(C)C(N3Cc4cc(C(=O)N5CCN(CC6CN(c7ccc8c(c7)C(=O)N(C7CCC(=O)NC7=O)C8=O)C6)CC5)ccc4C3=O)C2(C)C)cc1Cl. The molecule has 14 nitrogen and oxygen atoms in total. The molecule has 9 rings (SSSR count). The number of nitrogens with zero attached hydrogens (tertiary/aromatic N) is 6. The summed E-state index contributed by atoms with van der Waals surface area (Å²) in [6.45, 7) is 21.3. The molecule has 5 heterocycles. The van der Waals surface area contributed by atoms with Crippen molar-refractivity contribution in [1.82, 2.24) is 24.9 Å². The van der Waals surface area contributed by atoms with Crippen LogP contribution < -0.4 is 15.0 Å². The number of anilines is 1. The Labute approximate surface area is 353 Å². The molecule has 1 N–H and O–H groups in total. The molecule has 6 aliphatic rings. The summed E-state index contributed by atoms with van der Waals surface area (Å²) in [6, 6.07) is 14.6. The van der Waals surface area contributed by atoms with Crippen molar-refractivity contribution in [3.63, 3.8) is 0 Å². The highest BCUT2D eigenvalue weighted by molar-refractivity contribution is 6.33. The number of hydrogen-bond acceptors (Lipinski definition) is 9. The van der Waals surface area contributed by atoms with Crippen LogP contribution in [0.15, 0.2) is 54.6 Å². The third-order valence-corrected chi connectivity index (χ3v) is 13.8. The van der Waals surface area contributed by atoms with E-state index >= 15 is 0 Å². The molecule has 3 aromatic rings. The van der Waals surface area contributed by atoms with Gasteiger partial charge >= 0.3 is 0 Å². The van der Waals surface area contributed by atoms with Gasteiger partial charge in [-0.1, -0.05) is 45.4 Å². The monoisotopic (exact) mass is 831 g/mol. The third kappa shape index (κ3) is 6.41. The Morgan fingerprint density at radius 2 is 1.57 bits per heavy atom. The maximum Gasteiger partial charge on any atom is 0.262 e. The van der Waals surface area contributed by atoms with Gasteiger partial charge in [-0.25, -0.2) is 4.85 Å². The van der Waals surface area contributed by atoms with Crippen molar-refractivity contribution in [3.05, 3.63) is 98.9 Å². The lowest BCUT2D eigenvalue weighted by atomic mass is 9.49. The molecule has 1 aliphatic carbocycles. The number of halogens is 1. The number of nitrogens with one attached hydrogen (secondary N) is 1. The number of piperazine rings is 1. The molecule has 0 bridgehead atoms. The van der Waals surface area contributed by atoms with E-state index in [0.29, 0.717) is 53.1 Å². The molecule has 0 spiro atoms. The maximum atomic E-state index is 13.9. The van der Waals surface area contributed by atoms with Crippen molar-refractivity contribution in [1.29, 1.82) is 0 Å². The van der Waals surface area contributed by atoms with Gasteiger partial charge in [0.25, 0.3) is 23.6 Å². The minimum absolute atomic E-state index is 0.0420. The number of carbonyl (C=O) groups excluding carboxylic acids is 6. The number of hydrogen-bond donors (Lipinski definition) is 1. The molecule has 3 aromatic carbocycles. The normalized spacial score (nSPS) is 24.7. The predicted octanol–water partition coefficient (Wildman–Crippen LogP) is 5.02. The second kappa shape index (κ2) is 14.4. The van der Waals surface area contributed by atoms with Gasteiger partial charge in [0.15, 0.2) is 0 Å². The van der Waals surface area contributed by atoms with E-state index in [1.807, 2.05) is 21.9 Å². The molecule has 60 heavy (non-hydrogen) atoms. The second-order valence-corrected chi connectivity index (χ2v) is 18.5. The number of imide groups is 2. The standard InChI is InChI=1S/C45H46ClN7O7/c1-44(2)42(45(3,4)43(44)60-29-8-11-34(47-5)33(46)20-29)52-24-27-18-26(6-9-30(27)39(52)57)38(56)50-16-14-49(15-17-50)21-25-22-51(23-25)28-7-10-31-32(19-28)41(59)53(40(31)58)35-12-13-36(54)48-37(35)55/h6-11,18-20,25,35,42-43H,12-17,21-24H2,1-4H3,(H,48,54,55). The molecule has 4 fully saturated rings. The van der Waals surface area contributed by atoms with E-state index in [4.69, 9.17) is 22.9 Å². The molecule has 6 amide bonds. The van der Waals surface area contributed by atoms with Gasteiger partial charge in [-0.2, -0.15) is 0 Å². The predicted molar refractivity (Wildman–Crippen MR) is 221 cm³/mol. The Balaban J connectivity index is 0.767. The summed E-state index contributed by atoms with van der Waals surface area (Å²) >= 11 is 6.29. The molecule has 0 radical (unpaired) electrons. The van der Waals surface area contributed by atoms with E-state index in [1.165, 1.54) is 0 Å².